The molecule has 1 aliphatic heterocycles. The van der Waals surface area contributed by atoms with E-state index in [4.69, 9.17) is 7.85 Å². The van der Waals surface area contributed by atoms with E-state index in [1.807, 2.05) is 43.5 Å². The van der Waals surface area contributed by atoms with Crippen molar-refractivity contribution in [3.63, 3.8) is 0 Å². The van der Waals surface area contributed by atoms with Crippen molar-refractivity contribution in [2.24, 2.45) is 5.41 Å². The Labute approximate surface area is 149 Å². The van der Waals surface area contributed by atoms with Gasteiger partial charge in [-0.1, -0.05) is 88.7 Å². The van der Waals surface area contributed by atoms with Crippen molar-refractivity contribution in [1.82, 2.24) is 5.32 Å². The Morgan fingerprint density at radius 3 is 2.25 bits per heavy atom. The van der Waals surface area contributed by atoms with E-state index in [1.54, 1.807) is 0 Å². The third-order valence-corrected chi connectivity index (χ3v) is 4.07. The van der Waals surface area contributed by atoms with Crippen LogP contribution in [0.3, 0.4) is 0 Å². The quantitative estimate of drug-likeness (QED) is 0.761. The smallest absolute Gasteiger partial charge is 0.113 e. The molecule has 0 saturated heterocycles. The zero-order chi connectivity index (χ0) is 18.2. The van der Waals surface area contributed by atoms with Crippen LogP contribution in [0.4, 0.5) is 0 Å². The van der Waals surface area contributed by atoms with Crippen molar-refractivity contribution in [1.29, 1.82) is 0 Å². The fourth-order valence-corrected chi connectivity index (χ4v) is 2.11. The van der Waals surface area contributed by atoms with E-state index in [9.17, 15) is 0 Å². The second kappa shape index (κ2) is 9.37. The zero-order valence-corrected chi connectivity index (χ0v) is 15.8. The Balaban J connectivity index is 0.000000413. The Hall–Kier alpha value is -1.96. The van der Waals surface area contributed by atoms with Gasteiger partial charge in [0.15, 0.2) is 0 Å². The molecule has 1 N–H and O–H groups in total. The van der Waals surface area contributed by atoms with Crippen molar-refractivity contribution in [3.8, 4) is 0 Å². The summed E-state index contributed by atoms with van der Waals surface area (Å²) in [6.07, 6.45) is 11.3. The molecule has 0 amide bonds. The molecule has 1 aromatic rings. The molecule has 0 bridgehead atoms. The Morgan fingerprint density at radius 1 is 1.21 bits per heavy atom. The van der Waals surface area contributed by atoms with E-state index in [0.717, 1.165) is 11.0 Å². The van der Waals surface area contributed by atoms with E-state index in [0.29, 0.717) is 5.41 Å². The summed E-state index contributed by atoms with van der Waals surface area (Å²) in [4.78, 5) is 0. The first-order chi connectivity index (χ1) is 11.3. The lowest BCUT2D eigenvalue weighted by Crippen LogP contribution is -2.21. The summed E-state index contributed by atoms with van der Waals surface area (Å²) in [6.45, 7) is 14.8. The number of hydrogen-bond acceptors (Lipinski definition) is 1. The largest absolute Gasteiger partial charge is 0.380 e. The number of allylic oxidation sites excluding steroid dienone is 4. The molecular formula is C22H30BN. The van der Waals surface area contributed by atoms with Gasteiger partial charge in [0.05, 0.1) is 6.04 Å². The molecule has 1 atom stereocenters. The summed E-state index contributed by atoms with van der Waals surface area (Å²) in [5, 5.41) is 3.38. The normalized spacial score (nSPS) is 17.3. The van der Waals surface area contributed by atoms with E-state index >= 15 is 0 Å². The van der Waals surface area contributed by atoms with Gasteiger partial charge in [0.25, 0.3) is 0 Å². The van der Waals surface area contributed by atoms with Crippen LogP contribution in [0.2, 0.25) is 0 Å². The van der Waals surface area contributed by atoms with Gasteiger partial charge < -0.3 is 5.32 Å². The highest BCUT2D eigenvalue weighted by atomic mass is 14.9. The first-order valence-electron chi connectivity index (χ1n) is 8.59. The minimum Gasteiger partial charge on any atom is -0.380 e. The van der Waals surface area contributed by atoms with Crippen molar-refractivity contribution < 1.29 is 0 Å². The lowest BCUT2D eigenvalue weighted by Gasteiger charge is -2.24. The third-order valence-electron chi connectivity index (χ3n) is 4.07. The van der Waals surface area contributed by atoms with E-state index in [1.165, 1.54) is 17.6 Å². The number of nitrogens with one attached hydrogen (secondary N) is 1. The van der Waals surface area contributed by atoms with E-state index in [-0.39, 0.29) is 6.04 Å². The topological polar surface area (TPSA) is 12.0 Å². The van der Waals surface area contributed by atoms with Gasteiger partial charge >= 0.3 is 0 Å². The van der Waals surface area contributed by atoms with Crippen molar-refractivity contribution in [3.05, 3.63) is 78.1 Å². The first-order valence-corrected chi connectivity index (χ1v) is 8.59. The molecular weight excluding hydrogens is 289 g/mol. The molecule has 0 saturated carbocycles. The fourth-order valence-electron chi connectivity index (χ4n) is 2.11. The molecule has 0 aliphatic carbocycles. The SMILES string of the molecule is CCC(C)(C)C.[B]c1ccc(C2NC=CC(C=C)=C2/C=C\C)cc1. The summed E-state index contributed by atoms with van der Waals surface area (Å²) in [7, 11) is 5.73. The predicted molar refractivity (Wildman–Crippen MR) is 109 cm³/mol. The van der Waals surface area contributed by atoms with Crippen LogP contribution in [0.15, 0.2) is 72.5 Å². The third kappa shape index (κ3) is 6.27. The standard InChI is InChI=1S/C16H16BN.C6H14/c1-3-5-15-12(4-2)10-11-18-16(15)13-6-8-14(17)9-7-13;1-5-6(2,3)4/h3-11,16,18H,2H2,1H3;5H2,1-4H3/b5-3-;. The van der Waals surface area contributed by atoms with Crippen molar-refractivity contribution in [2.75, 3.05) is 0 Å². The van der Waals surface area contributed by atoms with Crippen LogP contribution < -0.4 is 10.8 Å². The van der Waals surface area contributed by atoms with Crippen molar-refractivity contribution in [2.45, 2.75) is 47.1 Å². The zero-order valence-electron chi connectivity index (χ0n) is 15.8. The maximum Gasteiger partial charge on any atom is 0.113 e. The minimum absolute atomic E-state index is 0.153. The molecule has 0 spiro atoms. The molecule has 24 heavy (non-hydrogen) atoms. The van der Waals surface area contributed by atoms with Gasteiger partial charge in [-0.3, -0.25) is 0 Å². The molecule has 2 radical (unpaired) electrons. The molecule has 1 heterocycles. The van der Waals surface area contributed by atoms with Crippen LogP contribution in [-0.4, -0.2) is 7.85 Å². The summed E-state index contributed by atoms with van der Waals surface area (Å²) in [6, 6.07) is 8.11. The lowest BCUT2D eigenvalue weighted by atomic mass is 9.89. The fraction of sp³-hybridized carbons (Fsp3) is 0.364. The highest BCUT2D eigenvalue weighted by Gasteiger charge is 2.17. The number of hydrogen-bond donors (Lipinski definition) is 1. The molecule has 1 aliphatic rings. The van der Waals surface area contributed by atoms with Crippen molar-refractivity contribution >= 4 is 13.3 Å². The Bertz CT molecular complexity index is 612. The number of dihydropyridines is 1. The summed E-state index contributed by atoms with van der Waals surface area (Å²) >= 11 is 0. The summed E-state index contributed by atoms with van der Waals surface area (Å²) < 4.78 is 0. The average Bonchev–Trinajstić information content (AvgIpc) is 2.56. The van der Waals surface area contributed by atoms with Gasteiger partial charge in [-0.05, 0) is 41.3 Å². The second-order valence-electron chi connectivity index (χ2n) is 7.13. The van der Waals surface area contributed by atoms with Crippen LogP contribution >= 0.6 is 0 Å². The molecule has 1 unspecified atom stereocenters. The minimum atomic E-state index is 0.153. The molecule has 2 rings (SSSR count). The van der Waals surface area contributed by atoms with Gasteiger partial charge in [-0.25, -0.2) is 0 Å². The monoisotopic (exact) mass is 319 g/mol. The highest BCUT2D eigenvalue weighted by molar-refractivity contribution is 6.32. The summed E-state index contributed by atoms with van der Waals surface area (Å²) in [5.74, 6) is 0. The molecule has 126 valence electrons. The van der Waals surface area contributed by atoms with Gasteiger partial charge in [0.2, 0.25) is 0 Å². The Morgan fingerprint density at radius 2 is 1.79 bits per heavy atom. The number of rotatable bonds is 3. The Kier molecular flexibility index (Phi) is 7.84. The molecule has 0 aromatic heterocycles. The van der Waals surface area contributed by atoms with Crippen LogP contribution in [0.25, 0.3) is 0 Å². The second-order valence-corrected chi connectivity index (χ2v) is 7.13. The molecule has 2 heteroatoms. The van der Waals surface area contributed by atoms with E-state index in [2.05, 4.69) is 57.8 Å². The van der Waals surface area contributed by atoms with Crippen LogP contribution in [0.5, 0.6) is 0 Å². The summed E-state index contributed by atoms with van der Waals surface area (Å²) in [5.41, 5.74) is 4.89. The first kappa shape index (κ1) is 20.1. The van der Waals surface area contributed by atoms with Crippen LogP contribution in [0.1, 0.15) is 52.6 Å². The van der Waals surface area contributed by atoms with Gasteiger partial charge in [-0.15, -0.1) is 0 Å². The molecule has 0 fully saturated rings. The van der Waals surface area contributed by atoms with Crippen LogP contribution in [0, 0.1) is 5.41 Å². The lowest BCUT2D eigenvalue weighted by molar-refractivity contribution is 0.398. The van der Waals surface area contributed by atoms with Gasteiger partial charge in [0.1, 0.15) is 7.85 Å². The molecule has 1 nitrogen and oxygen atoms in total. The van der Waals surface area contributed by atoms with Gasteiger partial charge in [0, 0.05) is 0 Å². The maximum absolute atomic E-state index is 5.73. The molecule has 1 aromatic carbocycles. The predicted octanol–water partition coefficient (Wildman–Crippen LogP) is 5.14. The maximum atomic E-state index is 5.73. The highest BCUT2D eigenvalue weighted by Crippen LogP contribution is 2.29. The van der Waals surface area contributed by atoms with E-state index < -0.39 is 0 Å². The average molecular weight is 319 g/mol. The van der Waals surface area contributed by atoms with Gasteiger partial charge in [-0.2, -0.15) is 0 Å². The number of benzene rings is 1. The van der Waals surface area contributed by atoms with Crippen LogP contribution in [-0.2, 0) is 0 Å².